The summed E-state index contributed by atoms with van der Waals surface area (Å²) < 4.78 is 5.37. The van der Waals surface area contributed by atoms with Crippen molar-refractivity contribution in [3.8, 4) is 5.75 Å². The summed E-state index contributed by atoms with van der Waals surface area (Å²) in [6.07, 6.45) is 0. The van der Waals surface area contributed by atoms with Gasteiger partial charge in [0.2, 0.25) is 0 Å². The van der Waals surface area contributed by atoms with Gasteiger partial charge in [-0.2, -0.15) is 0 Å². The zero-order valence-corrected chi connectivity index (χ0v) is 15.3. The molecule has 0 atom stereocenters. The Morgan fingerprint density at radius 2 is 1.42 bits per heavy atom. The van der Waals surface area contributed by atoms with E-state index >= 15 is 0 Å². The van der Waals surface area contributed by atoms with E-state index in [2.05, 4.69) is 0 Å². The summed E-state index contributed by atoms with van der Waals surface area (Å²) in [5, 5.41) is 0.508. The molecule has 0 aliphatic rings. The lowest BCUT2D eigenvalue weighted by molar-refractivity contribution is 0.0726. The number of methoxy groups -OCH3 is 1. The number of carbonyl (C=O) groups excluding carboxylic acids is 1. The number of hydrogen-bond donors (Lipinski definition) is 0. The molecular weight excluding hydrogens is 346 g/mol. The zero-order chi connectivity index (χ0) is 18.4. The summed E-state index contributed by atoms with van der Waals surface area (Å²) in [5.74, 6) is 0.405. The van der Waals surface area contributed by atoms with E-state index in [1.165, 1.54) is 0 Å². The molecule has 0 N–H and O–H groups in total. The third-order valence-corrected chi connectivity index (χ3v) is 4.35. The van der Waals surface area contributed by atoms with Gasteiger partial charge >= 0.3 is 0 Å². The Labute approximate surface area is 158 Å². The number of halogens is 1. The van der Waals surface area contributed by atoms with Gasteiger partial charge in [0, 0.05) is 18.1 Å². The van der Waals surface area contributed by atoms with Crippen LogP contribution in [0, 0.1) is 0 Å². The molecule has 26 heavy (non-hydrogen) atoms. The molecule has 0 saturated carbocycles. The molecule has 0 fully saturated rings. The Hall–Kier alpha value is -2.78. The summed E-state index contributed by atoms with van der Waals surface area (Å²) in [4.78, 5) is 15.1. The largest absolute Gasteiger partial charge is 0.496 e. The minimum absolute atomic E-state index is 0.114. The van der Waals surface area contributed by atoms with Gasteiger partial charge < -0.3 is 9.64 Å². The lowest BCUT2D eigenvalue weighted by Crippen LogP contribution is -2.30. The van der Waals surface area contributed by atoms with Gasteiger partial charge in [0.1, 0.15) is 5.75 Å². The Morgan fingerprint density at radius 3 is 1.92 bits per heavy atom. The molecule has 132 valence electrons. The van der Waals surface area contributed by atoms with Gasteiger partial charge in [-0.05, 0) is 29.3 Å². The van der Waals surface area contributed by atoms with Gasteiger partial charge in [-0.25, -0.2) is 0 Å². The van der Waals surface area contributed by atoms with E-state index in [4.69, 9.17) is 16.3 Å². The first-order valence-electron chi connectivity index (χ1n) is 8.38. The zero-order valence-electron chi connectivity index (χ0n) is 14.6. The summed E-state index contributed by atoms with van der Waals surface area (Å²) in [6, 6.07) is 25.0. The Kier molecular flexibility index (Phi) is 5.92. The van der Waals surface area contributed by atoms with Crippen molar-refractivity contribution in [1.29, 1.82) is 0 Å². The van der Waals surface area contributed by atoms with E-state index in [0.717, 1.165) is 11.1 Å². The Balaban J connectivity index is 1.94. The first-order valence-corrected chi connectivity index (χ1v) is 8.76. The maximum atomic E-state index is 13.3. The topological polar surface area (TPSA) is 29.5 Å². The van der Waals surface area contributed by atoms with Crippen LogP contribution in [0.5, 0.6) is 5.75 Å². The molecule has 0 unspecified atom stereocenters. The number of benzene rings is 3. The summed E-state index contributed by atoms with van der Waals surface area (Å²) in [6.45, 7) is 1.01. The fraction of sp³-hybridized carbons (Fsp3) is 0.136. The van der Waals surface area contributed by atoms with Gasteiger partial charge in [-0.3, -0.25) is 4.79 Å². The summed E-state index contributed by atoms with van der Waals surface area (Å²) in [5.41, 5.74) is 2.60. The van der Waals surface area contributed by atoms with Crippen LogP contribution in [0.15, 0.2) is 78.9 Å². The van der Waals surface area contributed by atoms with Gasteiger partial charge in [-0.15, -0.1) is 0 Å². The maximum absolute atomic E-state index is 13.3. The average molecular weight is 366 g/mol. The van der Waals surface area contributed by atoms with Crippen molar-refractivity contribution >= 4 is 17.5 Å². The quantitative estimate of drug-likeness (QED) is 0.601. The van der Waals surface area contributed by atoms with E-state index in [1.807, 2.05) is 60.7 Å². The number of rotatable bonds is 6. The highest BCUT2D eigenvalue weighted by molar-refractivity contribution is 6.31. The first kappa shape index (κ1) is 18.0. The van der Waals surface area contributed by atoms with Crippen molar-refractivity contribution in [3.63, 3.8) is 0 Å². The highest BCUT2D eigenvalue weighted by atomic mass is 35.5. The second kappa shape index (κ2) is 8.54. The van der Waals surface area contributed by atoms with E-state index < -0.39 is 0 Å². The predicted molar refractivity (Wildman–Crippen MR) is 104 cm³/mol. The van der Waals surface area contributed by atoms with Crippen molar-refractivity contribution in [2.24, 2.45) is 0 Å². The van der Waals surface area contributed by atoms with Crippen LogP contribution in [0.2, 0.25) is 5.02 Å². The minimum Gasteiger partial charge on any atom is -0.496 e. The van der Waals surface area contributed by atoms with Crippen LogP contribution in [0.4, 0.5) is 0 Å². The van der Waals surface area contributed by atoms with Gasteiger partial charge in [0.15, 0.2) is 0 Å². The summed E-state index contributed by atoms with van der Waals surface area (Å²) >= 11 is 6.12. The average Bonchev–Trinajstić information content (AvgIpc) is 2.68. The molecule has 3 nitrogen and oxygen atoms in total. The molecule has 0 aliphatic heterocycles. The van der Waals surface area contributed by atoms with Crippen LogP contribution >= 0.6 is 11.6 Å². The van der Waals surface area contributed by atoms with Crippen molar-refractivity contribution < 1.29 is 9.53 Å². The van der Waals surface area contributed by atoms with Gasteiger partial charge in [0.25, 0.3) is 5.91 Å². The van der Waals surface area contributed by atoms with E-state index in [0.29, 0.717) is 29.4 Å². The molecule has 0 aromatic heterocycles. The van der Waals surface area contributed by atoms with Gasteiger partial charge in [-0.1, -0.05) is 72.3 Å². The molecule has 3 aromatic carbocycles. The van der Waals surface area contributed by atoms with Crippen LogP contribution in [0.3, 0.4) is 0 Å². The fourth-order valence-electron chi connectivity index (χ4n) is 2.82. The van der Waals surface area contributed by atoms with Crippen molar-refractivity contribution in [2.45, 2.75) is 13.1 Å². The Bertz CT molecular complexity index is 824. The van der Waals surface area contributed by atoms with Crippen LogP contribution in [-0.4, -0.2) is 17.9 Å². The number of carbonyl (C=O) groups is 1. The highest BCUT2D eigenvalue weighted by Gasteiger charge is 2.20. The predicted octanol–water partition coefficient (Wildman–Crippen LogP) is 5.19. The smallest absolute Gasteiger partial charge is 0.258 e. The van der Waals surface area contributed by atoms with Crippen LogP contribution in [0.25, 0.3) is 0 Å². The normalized spacial score (nSPS) is 10.4. The second-order valence-corrected chi connectivity index (χ2v) is 6.41. The molecule has 1 amide bonds. The third-order valence-electron chi connectivity index (χ3n) is 4.11. The number of nitrogens with zero attached hydrogens (tertiary/aromatic N) is 1. The molecule has 0 saturated heterocycles. The number of amides is 1. The van der Waals surface area contributed by atoms with E-state index in [-0.39, 0.29) is 5.91 Å². The standard InChI is InChI=1S/C22H20ClNO2/c1-26-21-13-12-19(23)14-20(21)22(25)24(15-17-8-4-2-5-9-17)16-18-10-6-3-7-11-18/h2-14H,15-16H2,1H3. The van der Waals surface area contributed by atoms with Crippen LogP contribution < -0.4 is 4.74 Å². The highest BCUT2D eigenvalue weighted by Crippen LogP contribution is 2.25. The summed E-state index contributed by atoms with van der Waals surface area (Å²) in [7, 11) is 1.55. The van der Waals surface area contributed by atoms with Crippen molar-refractivity contribution in [3.05, 3.63) is 101 Å². The molecule has 4 heteroatoms. The number of hydrogen-bond acceptors (Lipinski definition) is 2. The van der Waals surface area contributed by atoms with Crippen molar-refractivity contribution in [1.82, 2.24) is 4.90 Å². The van der Waals surface area contributed by atoms with E-state index in [9.17, 15) is 4.79 Å². The SMILES string of the molecule is COc1ccc(Cl)cc1C(=O)N(Cc1ccccc1)Cc1ccccc1. The molecule has 3 aromatic rings. The fourth-order valence-corrected chi connectivity index (χ4v) is 3.00. The molecular formula is C22H20ClNO2. The molecule has 3 rings (SSSR count). The maximum Gasteiger partial charge on any atom is 0.258 e. The minimum atomic E-state index is -0.114. The Morgan fingerprint density at radius 1 is 0.885 bits per heavy atom. The number of ether oxygens (including phenoxy) is 1. The monoisotopic (exact) mass is 365 g/mol. The molecule has 0 aliphatic carbocycles. The second-order valence-electron chi connectivity index (χ2n) is 5.98. The molecule has 0 heterocycles. The lowest BCUT2D eigenvalue weighted by Gasteiger charge is -2.24. The van der Waals surface area contributed by atoms with Crippen molar-refractivity contribution in [2.75, 3.05) is 7.11 Å². The molecule has 0 radical (unpaired) electrons. The first-order chi connectivity index (χ1) is 12.7. The van der Waals surface area contributed by atoms with Gasteiger partial charge in [0.05, 0.1) is 12.7 Å². The van der Waals surface area contributed by atoms with E-state index in [1.54, 1.807) is 30.2 Å². The molecule has 0 spiro atoms. The van der Waals surface area contributed by atoms with Crippen LogP contribution in [0.1, 0.15) is 21.5 Å². The molecule has 0 bridgehead atoms. The lowest BCUT2D eigenvalue weighted by atomic mass is 10.1. The third kappa shape index (κ3) is 4.44. The van der Waals surface area contributed by atoms with Crippen LogP contribution in [-0.2, 0) is 13.1 Å².